The van der Waals surface area contributed by atoms with Gasteiger partial charge in [-0.25, -0.2) is 4.79 Å². The van der Waals surface area contributed by atoms with Gasteiger partial charge in [0.25, 0.3) is 0 Å². The van der Waals surface area contributed by atoms with Crippen molar-refractivity contribution in [1.29, 1.82) is 0 Å². The van der Waals surface area contributed by atoms with Gasteiger partial charge in [0.15, 0.2) is 6.29 Å². The second-order valence-electron chi connectivity index (χ2n) is 5.46. The summed E-state index contributed by atoms with van der Waals surface area (Å²) in [6.45, 7) is 8.27. The number of carbonyl (C=O) groups excluding carboxylic acids is 2. The third-order valence-electron chi connectivity index (χ3n) is 2.76. The molecule has 0 unspecified atom stereocenters. The Labute approximate surface area is 102 Å². The van der Waals surface area contributed by atoms with E-state index in [0.29, 0.717) is 6.04 Å². The molecule has 2 atom stereocenters. The Morgan fingerprint density at radius 1 is 1.53 bits per heavy atom. The van der Waals surface area contributed by atoms with Crippen molar-refractivity contribution < 1.29 is 14.3 Å². The first-order chi connectivity index (χ1) is 7.83. The number of nitrogens with one attached hydrogen (secondary N) is 1. The molecule has 1 rings (SSSR count). The molecule has 1 aliphatic heterocycles. The summed E-state index contributed by atoms with van der Waals surface area (Å²) in [5.74, 6) is 0. The van der Waals surface area contributed by atoms with Gasteiger partial charge in [-0.3, -0.25) is 15.0 Å². The Morgan fingerprint density at radius 2 is 2.18 bits per heavy atom. The zero-order valence-electron chi connectivity index (χ0n) is 11.0. The molecule has 1 saturated heterocycles. The Kier molecular flexibility index (Phi) is 4.51. The van der Waals surface area contributed by atoms with Crippen LogP contribution < -0.4 is 5.32 Å². The summed E-state index contributed by atoms with van der Waals surface area (Å²) in [6, 6.07) is 0.320. The van der Waals surface area contributed by atoms with E-state index >= 15 is 0 Å². The molecule has 0 bridgehead atoms. The number of hydrogen-bond acceptors (Lipinski definition) is 4. The Morgan fingerprint density at radius 3 is 2.59 bits per heavy atom. The van der Waals surface area contributed by atoms with Crippen molar-refractivity contribution in [3.8, 4) is 0 Å². The van der Waals surface area contributed by atoms with E-state index in [9.17, 15) is 9.59 Å². The van der Waals surface area contributed by atoms with Gasteiger partial charge in [0, 0.05) is 12.6 Å². The highest BCUT2D eigenvalue weighted by Crippen LogP contribution is 2.18. The van der Waals surface area contributed by atoms with E-state index < -0.39 is 17.9 Å². The molecule has 0 saturated carbocycles. The van der Waals surface area contributed by atoms with Crippen LogP contribution in [0.25, 0.3) is 0 Å². The summed E-state index contributed by atoms with van der Waals surface area (Å²) >= 11 is 0. The van der Waals surface area contributed by atoms with E-state index in [1.54, 1.807) is 20.8 Å². The molecule has 5 heteroatoms. The number of amides is 1. The molecule has 17 heavy (non-hydrogen) atoms. The van der Waals surface area contributed by atoms with Crippen LogP contribution in [0.15, 0.2) is 0 Å². The fourth-order valence-electron chi connectivity index (χ4n) is 1.99. The van der Waals surface area contributed by atoms with Gasteiger partial charge in [0.2, 0.25) is 0 Å². The van der Waals surface area contributed by atoms with E-state index in [2.05, 4.69) is 12.2 Å². The normalized spacial score (nSPS) is 23.2. The molecule has 0 aromatic rings. The summed E-state index contributed by atoms with van der Waals surface area (Å²) in [4.78, 5) is 24.6. The van der Waals surface area contributed by atoms with Gasteiger partial charge in [-0.1, -0.05) is 0 Å². The van der Waals surface area contributed by atoms with Crippen LogP contribution in [0.5, 0.6) is 0 Å². The second kappa shape index (κ2) is 5.49. The average Bonchev–Trinajstić information content (AvgIpc) is 2.58. The predicted molar refractivity (Wildman–Crippen MR) is 64.6 cm³/mol. The highest BCUT2D eigenvalue weighted by molar-refractivity contribution is 5.73. The van der Waals surface area contributed by atoms with Gasteiger partial charge in [0.05, 0.1) is 0 Å². The van der Waals surface area contributed by atoms with E-state index in [-0.39, 0.29) is 0 Å². The lowest BCUT2D eigenvalue weighted by atomic mass is 10.2. The van der Waals surface area contributed by atoms with Crippen LogP contribution in [-0.2, 0) is 9.53 Å². The number of hydrogen-bond donors (Lipinski definition) is 1. The zero-order chi connectivity index (χ0) is 13.1. The minimum atomic E-state index is -0.581. The van der Waals surface area contributed by atoms with Gasteiger partial charge in [-0.15, -0.1) is 0 Å². The summed E-state index contributed by atoms with van der Waals surface area (Å²) in [7, 11) is 0. The summed E-state index contributed by atoms with van der Waals surface area (Å²) in [5, 5.41) is 2.59. The van der Waals surface area contributed by atoms with E-state index in [0.717, 1.165) is 25.7 Å². The van der Waals surface area contributed by atoms with Gasteiger partial charge in [-0.2, -0.15) is 0 Å². The Bertz CT molecular complexity index is 286. The lowest BCUT2D eigenvalue weighted by Crippen LogP contribution is -2.51. The fourth-order valence-corrected chi connectivity index (χ4v) is 1.99. The number of alkyl carbamates (subject to hydrolysis) is 1. The SMILES string of the molecule is C[C@@H]1CCCN1[C@@H](C=O)NC(=O)OC(C)(C)C. The van der Waals surface area contributed by atoms with Crippen LogP contribution in [0.3, 0.4) is 0 Å². The summed E-state index contributed by atoms with van der Waals surface area (Å²) in [6.07, 6.45) is 1.74. The van der Waals surface area contributed by atoms with E-state index in [1.807, 2.05) is 4.90 Å². The minimum absolute atomic E-state index is 0.320. The van der Waals surface area contributed by atoms with Gasteiger partial charge in [0.1, 0.15) is 11.8 Å². The van der Waals surface area contributed by atoms with E-state index in [4.69, 9.17) is 4.74 Å². The van der Waals surface area contributed by atoms with Crippen molar-refractivity contribution in [3.63, 3.8) is 0 Å². The molecule has 1 aliphatic rings. The zero-order valence-corrected chi connectivity index (χ0v) is 11.0. The number of ether oxygens (including phenoxy) is 1. The molecule has 5 nitrogen and oxygen atoms in total. The van der Waals surface area contributed by atoms with Crippen molar-refractivity contribution in [2.45, 2.75) is 58.3 Å². The average molecular weight is 242 g/mol. The first kappa shape index (κ1) is 14.0. The van der Waals surface area contributed by atoms with Crippen LogP contribution in [0.4, 0.5) is 4.79 Å². The highest BCUT2D eigenvalue weighted by Gasteiger charge is 2.29. The molecule has 1 amide bonds. The summed E-state index contributed by atoms with van der Waals surface area (Å²) in [5.41, 5.74) is -0.547. The maximum atomic E-state index is 11.6. The third kappa shape index (κ3) is 4.34. The third-order valence-corrected chi connectivity index (χ3v) is 2.76. The van der Waals surface area contributed by atoms with Crippen molar-refractivity contribution in [2.75, 3.05) is 6.54 Å². The second-order valence-corrected chi connectivity index (χ2v) is 5.46. The predicted octanol–water partition coefficient (Wildman–Crippen LogP) is 1.52. The highest BCUT2D eigenvalue weighted by atomic mass is 16.6. The Hall–Kier alpha value is -1.10. The first-order valence-corrected chi connectivity index (χ1v) is 6.04. The van der Waals surface area contributed by atoms with Crippen molar-refractivity contribution >= 4 is 12.4 Å². The molecule has 0 aliphatic carbocycles. The summed E-state index contributed by atoms with van der Waals surface area (Å²) < 4.78 is 5.13. The Balaban J connectivity index is 2.52. The first-order valence-electron chi connectivity index (χ1n) is 6.04. The van der Waals surface area contributed by atoms with Crippen molar-refractivity contribution in [2.24, 2.45) is 0 Å². The monoisotopic (exact) mass is 242 g/mol. The molecule has 1 heterocycles. The topological polar surface area (TPSA) is 58.6 Å². The maximum Gasteiger partial charge on any atom is 0.409 e. The quantitative estimate of drug-likeness (QED) is 0.762. The van der Waals surface area contributed by atoms with Crippen LogP contribution in [0, 0.1) is 0 Å². The number of carbonyl (C=O) groups is 2. The maximum absolute atomic E-state index is 11.6. The molecule has 0 aromatic carbocycles. The van der Waals surface area contributed by atoms with Crippen molar-refractivity contribution in [3.05, 3.63) is 0 Å². The molecule has 98 valence electrons. The fraction of sp³-hybridized carbons (Fsp3) is 0.833. The van der Waals surface area contributed by atoms with Crippen LogP contribution in [0.2, 0.25) is 0 Å². The van der Waals surface area contributed by atoms with Crippen LogP contribution in [0.1, 0.15) is 40.5 Å². The molecule has 0 spiro atoms. The smallest absolute Gasteiger partial charge is 0.409 e. The van der Waals surface area contributed by atoms with Gasteiger partial charge < -0.3 is 4.74 Å². The molecule has 1 N–H and O–H groups in total. The van der Waals surface area contributed by atoms with Gasteiger partial charge in [-0.05, 0) is 40.5 Å². The molecular formula is C12H22N2O3. The molecule has 0 aromatic heterocycles. The molecular weight excluding hydrogens is 220 g/mol. The number of likely N-dealkylation sites (tertiary alicyclic amines) is 1. The van der Waals surface area contributed by atoms with Crippen LogP contribution in [-0.4, -0.2) is 41.6 Å². The number of nitrogens with zero attached hydrogens (tertiary/aromatic N) is 1. The molecule has 1 fully saturated rings. The number of rotatable bonds is 3. The number of aldehydes is 1. The lowest BCUT2D eigenvalue weighted by molar-refractivity contribution is -0.113. The molecule has 0 radical (unpaired) electrons. The standard InChI is InChI=1S/C12H22N2O3/c1-9-6-5-7-14(9)10(8-15)13-11(16)17-12(2,3)4/h8-10H,5-7H2,1-4H3,(H,13,16)/t9-,10+/m1/s1. The van der Waals surface area contributed by atoms with E-state index in [1.165, 1.54) is 0 Å². The van der Waals surface area contributed by atoms with Crippen molar-refractivity contribution in [1.82, 2.24) is 10.2 Å². The largest absolute Gasteiger partial charge is 0.444 e. The minimum Gasteiger partial charge on any atom is -0.444 e. The van der Waals surface area contributed by atoms with Crippen LogP contribution >= 0.6 is 0 Å². The lowest BCUT2D eigenvalue weighted by Gasteiger charge is -2.29. The van der Waals surface area contributed by atoms with Gasteiger partial charge >= 0.3 is 6.09 Å².